The molecule has 2 aromatic carbocycles. The van der Waals surface area contributed by atoms with Gasteiger partial charge in [-0.25, -0.2) is 15.0 Å². The first-order valence-electron chi connectivity index (χ1n) is 8.95. The Hall–Kier alpha value is -2.49. The first-order chi connectivity index (χ1) is 13.4. The minimum atomic E-state index is 0.627. The van der Waals surface area contributed by atoms with Crippen molar-refractivity contribution >= 4 is 46.0 Å². The smallest absolute Gasteiger partial charge is 0.0849 e. The lowest BCUT2D eigenvalue weighted by Gasteiger charge is -2.08. The number of hydrogen-bond donors (Lipinski definition) is 0. The number of para-hydroxylation sites is 2. The molecule has 3 aromatic rings. The quantitative estimate of drug-likeness (QED) is 0.416. The second-order valence-corrected chi connectivity index (χ2v) is 7.43. The molecule has 0 aliphatic rings. The van der Waals surface area contributed by atoms with Crippen molar-refractivity contribution in [1.82, 2.24) is 4.98 Å². The molecule has 0 spiro atoms. The molecule has 0 saturated heterocycles. The summed E-state index contributed by atoms with van der Waals surface area (Å²) in [5.74, 6) is 0. The van der Waals surface area contributed by atoms with Crippen LogP contribution in [0.1, 0.15) is 36.4 Å². The van der Waals surface area contributed by atoms with Gasteiger partial charge in [-0.15, -0.1) is 0 Å². The molecule has 1 aromatic heterocycles. The topological polar surface area (TPSA) is 37.6 Å². The summed E-state index contributed by atoms with van der Waals surface area (Å²) >= 11 is 12.6. The van der Waals surface area contributed by atoms with E-state index in [1.165, 1.54) is 0 Å². The summed E-state index contributed by atoms with van der Waals surface area (Å²) in [6.07, 6.45) is 0. The minimum Gasteiger partial charge on any atom is -0.250 e. The lowest BCUT2D eigenvalue weighted by molar-refractivity contribution is 1.23. The van der Waals surface area contributed by atoms with Gasteiger partial charge in [0.2, 0.25) is 0 Å². The summed E-state index contributed by atoms with van der Waals surface area (Å²) in [5.41, 5.74) is 6.73. The molecule has 1 heterocycles. The van der Waals surface area contributed by atoms with Gasteiger partial charge in [0.25, 0.3) is 0 Å². The van der Waals surface area contributed by atoms with Crippen molar-refractivity contribution in [1.29, 1.82) is 0 Å². The highest BCUT2D eigenvalue weighted by Gasteiger charge is 2.09. The zero-order valence-electron chi connectivity index (χ0n) is 16.3. The predicted molar refractivity (Wildman–Crippen MR) is 120 cm³/mol. The standard InChI is InChI=1S/C23H21Cl2N3/c1-14-8-5-10-18(24)22(14)26-16(3)20-12-7-13-21(28-20)17(4)27-23-15(2)9-6-11-19(23)25/h5-13H,1-4H3/b26-16+,27-17+. The van der Waals surface area contributed by atoms with Crippen LogP contribution in [0.3, 0.4) is 0 Å². The van der Waals surface area contributed by atoms with Crippen LogP contribution in [0, 0.1) is 13.8 Å². The van der Waals surface area contributed by atoms with Crippen LogP contribution < -0.4 is 0 Å². The fourth-order valence-corrected chi connectivity index (χ4v) is 3.35. The van der Waals surface area contributed by atoms with Crippen molar-refractivity contribution in [3.05, 3.63) is 87.2 Å². The van der Waals surface area contributed by atoms with Crippen molar-refractivity contribution in [2.75, 3.05) is 0 Å². The van der Waals surface area contributed by atoms with Crippen LogP contribution in [0.25, 0.3) is 0 Å². The molecule has 0 N–H and O–H groups in total. The number of hydrogen-bond acceptors (Lipinski definition) is 3. The van der Waals surface area contributed by atoms with Crippen molar-refractivity contribution < 1.29 is 0 Å². The van der Waals surface area contributed by atoms with Gasteiger partial charge in [-0.1, -0.05) is 53.5 Å². The molecule has 0 amide bonds. The summed E-state index contributed by atoms with van der Waals surface area (Å²) in [7, 11) is 0. The molecule has 0 bridgehead atoms. The van der Waals surface area contributed by atoms with Gasteiger partial charge in [0.1, 0.15) is 0 Å². The first-order valence-corrected chi connectivity index (χ1v) is 9.71. The fourth-order valence-electron chi connectivity index (χ4n) is 2.82. The molecule has 0 fully saturated rings. The summed E-state index contributed by atoms with van der Waals surface area (Å²) in [5, 5.41) is 1.25. The highest BCUT2D eigenvalue weighted by molar-refractivity contribution is 6.33. The molecular formula is C23H21Cl2N3. The minimum absolute atomic E-state index is 0.627. The molecule has 0 radical (unpaired) electrons. The van der Waals surface area contributed by atoms with Gasteiger partial charge in [-0.3, -0.25) is 0 Å². The summed E-state index contributed by atoms with van der Waals surface area (Å²) in [6.45, 7) is 7.84. The van der Waals surface area contributed by atoms with E-state index in [1.807, 2.05) is 82.3 Å². The summed E-state index contributed by atoms with van der Waals surface area (Å²) in [6, 6.07) is 17.3. The third-order valence-electron chi connectivity index (χ3n) is 4.43. The Kier molecular flexibility index (Phi) is 6.28. The molecule has 142 valence electrons. The molecule has 0 aliphatic heterocycles. The zero-order chi connectivity index (χ0) is 20.3. The highest BCUT2D eigenvalue weighted by atomic mass is 35.5. The number of aliphatic imine (C=N–C) groups is 2. The Labute approximate surface area is 175 Å². The van der Waals surface area contributed by atoms with Gasteiger partial charge >= 0.3 is 0 Å². The van der Waals surface area contributed by atoms with E-state index >= 15 is 0 Å². The molecule has 0 atom stereocenters. The Morgan fingerprint density at radius 3 is 1.46 bits per heavy atom. The zero-order valence-corrected chi connectivity index (χ0v) is 17.8. The van der Waals surface area contributed by atoms with Crippen LogP contribution in [0.15, 0.2) is 64.6 Å². The molecule has 5 heteroatoms. The number of rotatable bonds is 4. The summed E-state index contributed by atoms with van der Waals surface area (Å²) in [4.78, 5) is 14.1. The fraction of sp³-hybridized carbons (Fsp3) is 0.174. The van der Waals surface area contributed by atoms with Crippen LogP contribution >= 0.6 is 23.2 Å². The van der Waals surface area contributed by atoms with Crippen LogP contribution in [0.4, 0.5) is 11.4 Å². The van der Waals surface area contributed by atoms with E-state index in [2.05, 4.69) is 0 Å². The van der Waals surface area contributed by atoms with Crippen LogP contribution in [-0.4, -0.2) is 16.4 Å². The molecule has 3 rings (SSSR count). The lowest BCUT2D eigenvalue weighted by atomic mass is 10.1. The SMILES string of the molecule is C/C(=N\c1c(C)cccc1Cl)c1cccc(/C(C)=N/c2c(C)cccc2Cl)n1. The van der Waals surface area contributed by atoms with Gasteiger partial charge < -0.3 is 0 Å². The van der Waals surface area contributed by atoms with E-state index in [4.69, 9.17) is 38.2 Å². The van der Waals surface area contributed by atoms with E-state index in [1.54, 1.807) is 0 Å². The Bertz CT molecular complexity index is 962. The van der Waals surface area contributed by atoms with Gasteiger partial charge in [-0.05, 0) is 63.1 Å². The Balaban J connectivity index is 1.98. The average molecular weight is 410 g/mol. The van der Waals surface area contributed by atoms with Gasteiger partial charge in [0, 0.05) is 0 Å². The summed E-state index contributed by atoms with van der Waals surface area (Å²) < 4.78 is 0. The first kappa shape index (κ1) is 20.2. The molecule has 28 heavy (non-hydrogen) atoms. The number of pyridine rings is 1. The van der Waals surface area contributed by atoms with E-state index in [-0.39, 0.29) is 0 Å². The van der Waals surface area contributed by atoms with Gasteiger partial charge in [-0.2, -0.15) is 0 Å². The molecule has 0 unspecified atom stereocenters. The molecule has 0 saturated carbocycles. The van der Waals surface area contributed by atoms with Crippen LogP contribution in [0.2, 0.25) is 10.0 Å². The third kappa shape index (κ3) is 4.49. The Morgan fingerprint density at radius 2 is 1.07 bits per heavy atom. The normalized spacial score (nSPS) is 12.4. The van der Waals surface area contributed by atoms with Gasteiger partial charge in [0.15, 0.2) is 0 Å². The highest BCUT2D eigenvalue weighted by Crippen LogP contribution is 2.30. The Morgan fingerprint density at radius 1 is 0.679 bits per heavy atom. The monoisotopic (exact) mass is 409 g/mol. The second-order valence-electron chi connectivity index (χ2n) is 6.61. The van der Waals surface area contributed by atoms with Crippen molar-refractivity contribution in [2.45, 2.75) is 27.7 Å². The molecular weight excluding hydrogens is 389 g/mol. The maximum Gasteiger partial charge on any atom is 0.0849 e. The average Bonchev–Trinajstić information content (AvgIpc) is 2.67. The third-order valence-corrected chi connectivity index (χ3v) is 5.04. The largest absolute Gasteiger partial charge is 0.250 e. The number of halogens is 2. The van der Waals surface area contributed by atoms with E-state index in [0.717, 1.165) is 45.3 Å². The number of benzene rings is 2. The maximum absolute atomic E-state index is 6.30. The molecule has 3 nitrogen and oxygen atoms in total. The predicted octanol–water partition coefficient (Wildman–Crippen LogP) is 7.29. The van der Waals surface area contributed by atoms with Gasteiger partial charge in [0.05, 0.1) is 44.2 Å². The number of nitrogens with zero attached hydrogens (tertiary/aromatic N) is 3. The van der Waals surface area contributed by atoms with Crippen LogP contribution in [0.5, 0.6) is 0 Å². The number of aromatic nitrogens is 1. The second kappa shape index (κ2) is 8.68. The van der Waals surface area contributed by atoms with Crippen LogP contribution in [-0.2, 0) is 0 Å². The van der Waals surface area contributed by atoms with Crippen molar-refractivity contribution in [3.63, 3.8) is 0 Å². The van der Waals surface area contributed by atoms with E-state index < -0.39 is 0 Å². The maximum atomic E-state index is 6.30. The number of aryl methyl sites for hydroxylation is 2. The lowest BCUT2D eigenvalue weighted by Crippen LogP contribution is -2.05. The molecule has 0 aliphatic carbocycles. The van der Waals surface area contributed by atoms with Crippen molar-refractivity contribution in [2.24, 2.45) is 9.98 Å². The van der Waals surface area contributed by atoms with E-state index in [9.17, 15) is 0 Å². The van der Waals surface area contributed by atoms with E-state index in [0.29, 0.717) is 10.0 Å². The van der Waals surface area contributed by atoms with Crippen molar-refractivity contribution in [3.8, 4) is 0 Å².